The van der Waals surface area contributed by atoms with Gasteiger partial charge in [-0.15, -0.1) is 0 Å². The number of benzene rings is 4. The lowest BCUT2D eigenvalue weighted by molar-refractivity contribution is 0.0684. The Morgan fingerprint density at radius 1 is 0.960 bits per heavy atom. The molecule has 50 heavy (non-hydrogen) atoms. The molecule has 0 radical (unpaired) electrons. The SMILES string of the molecule is CCCCC.Cc1c2c(nn1C)COCc1ccccc1Cn1c(C(=O)O)c(CCCOc3cccc4cc(F)ccc34)c3ccc(Cl)c-2c31. The summed E-state index contributed by atoms with van der Waals surface area (Å²) in [6, 6.07) is 21.9. The van der Waals surface area contributed by atoms with Gasteiger partial charge in [0, 0.05) is 41.2 Å². The first-order chi connectivity index (χ1) is 24.2. The molecule has 0 atom stereocenters. The summed E-state index contributed by atoms with van der Waals surface area (Å²) in [5, 5.41) is 18.4. The highest BCUT2D eigenvalue weighted by molar-refractivity contribution is 6.35. The first kappa shape index (κ1) is 35.2. The molecule has 0 spiro atoms. The highest BCUT2D eigenvalue weighted by Crippen LogP contribution is 2.43. The van der Waals surface area contributed by atoms with Crippen LogP contribution in [0.25, 0.3) is 32.8 Å². The molecule has 6 aromatic rings. The molecule has 260 valence electrons. The van der Waals surface area contributed by atoms with Crippen LogP contribution in [0.5, 0.6) is 5.75 Å². The molecule has 0 saturated carbocycles. The minimum absolute atomic E-state index is 0.229. The van der Waals surface area contributed by atoms with Gasteiger partial charge in [-0.3, -0.25) is 4.68 Å². The largest absolute Gasteiger partial charge is 0.493 e. The van der Waals surface area contributed by atoms with E-state index < -0.39 is 5.97 Å². The van der Waals surface area contributed by atoms with Gasteiger partial charge in [0.2, 0.25) is 0 Å². The highest BCUT2D eigenvalue weighted by atomic mass is 35.5. The number of hydrogen-bond donors (Lipinski definition) is 1. The lowest BCUT2D eigenvalue weighted by atomic mass is 9.98. The molecule has 2 aromatic heterocycles. The summed E-state index contributed by atoms with van der Waals surface area (Å²) in [6.45, 7) is 7.76. The Morgan fingerprint density at radius 3 is 2.46 bits per heavy atom. The third kappa shape index (κ3) is 7.00. The number of carboxylic acid groups (broad SMARTS) is 1. The van der Waals surface area contributed by atoms with Crippen molar-refractivity contribution in [2.45, 2.75) is 72.6 Å². The number of hydrogen-bond acceptors (Lipinski definition) is 4. The molecule has 1 aliphatic rings. The van der Waals surface area contributed by atoms with Gasteiger partial charge in [0.05, 0.1) is 36.1 Å². The molecule has 1 aliphatic heterocycles. The van der Waals surface area contributed by atoms with Crippen molar-refractivity contribution in [3.8, 4) is 16.9 Å². The molecule has 7 rings (SSSR count). The standard InChI is InChI=1S/C36H31ClFN3O4.C5H12/c1-21-32-30(39-40(21)2)20-44-19-24-8-4-3-7-23(24)18-41-34-28(14-15-29(37)33(32)34)27(35(41)36(42)43)10-6-16-45-31-11-5-9-22-17-25(38)12-13-26(22)31;1-3-5-4-2/h3-5,7-9,11-15,17H,6,10,16,18-20H2,1-2H3,(H,42,43);3-5H2,1-2H3. The Bertz CT molecular complexity index is 2170. The molecule has 0 bridgehead atoms. The molecule has 4 aromatic carbocycles. The third-order valence-electron chi connectivity index (χ3n) is 9.42. The van der Waals surface area contributed by atoms with E-state index in [-0.39, 0.29) is 18.1 Å². The fourth-order valence-electron chi connectivity index (χ4n) is 6.91. The summed E-state index contributed by atoms with van der Waals surface area (Å²) in [5.74, 6) is -0.645. The molecule has 1 N–H and O–H groups in total. The number of aromatic carboxylic acids is 1. The molecule has 7 nitrogen and oxygen atoms in total. The number of rotatable bonds is 8. The van der Waals surface area contributed by atoms with E-state index in [0.717, 1.165) is 60.9 Å². The molecule has 0 amide bonds. The summed E-state index contributed by atoms with van der Waals surface area (Å²) < 4.78 is 29.8. The van der Waals surface area contributed by atoms with E-state index in [9.17, 15) is 14.3 Å². The van der Waals surface area contributed by atoms with Crippen molar-refractivity contribution in [2.24, 2.45) is 7.05 Å². The number of aryl methyl sites for hydroxylation is 2. The van der Waals surface area contributed by atoms with E-state index in [1.807, 2.05) is 77.8 Å². The van der Waals surface area contributed by atoms with Gasteiger partial charge in [0.15, 0.2) is 0 Å². The number of fused-ring (bicyclic) bond motifs is 4. The zero-order valence-corrected chi connectivity index (χ0v) is 29.8. The van der Waals surface area contributed by atoms with E-state index in [0.29, 0.717) is 43.4 Å². The van der Waals surface area contributed by atoms with Crippen LogP contribution in [0.2, 0.25) is 5.02 Å². The monoisotopic (exact) mass is 695 g/mol. The van der Waals surface area contributed by atoms with E-state index in [1.54, 1.807) is 6.07 Å². The van der Waals surface area contributed by atoms with Crippen molar-refractivity contribution in [3.63, 3.8) is 0 Å². The number of nitrogens with zero attached hydrogens (tertiary/aromatic N) is 3. The van der Waals surface area contributed by atoms with Gasteiger partial charge in [-0.2, -0.15) is 5.10 Å². The fraction of sp³-hybridized carbons (Fsp3) is 0.317. The highest BCUT2D eigenvalue weighted by Gasteiger charge is 2.29. The van der Waals surface area contributed by atoms with Gasteiger partial charge in [0.1, 0.15) is 17.3 Å². The Labute approximate surface area is 297 Å². The second-order valence-electron chi connectivity index (χ2n) is 12.8. The van der Waals surface area contributed by atoms with E-state index in [4.69, 9.17) is 26.2 Å². The predicted octanol–water partition coefficient (Wildman–Crippen LogP) is 10.3. The van der Waals surface area contributed by atoms with Crippen LogP contribution in [0, 0.1) is 12.7 Å². The second-order valence-corrected chi connectivity index (χ2v) is 13.2. The molecular formula is C41H43ClFN3O4. The lowest BCUT2D eigenvalue weighted by Crippen LogP contribution is -2.13. The molecule has 0 saturated heterocycles. The van der Waals surface area contributed by atoms with Crippen molar-refractivity contribution in [2.75, 3.05) is 6.61 Å². The number of carboxylic acids is 1. The van der Waals surface area contributed by atoms with E-state index >= 15 is 0 Å². The summed E-state index contributed by atoms with van der Waals surface area (Å²) in [7, 11) is 1.89. The Morgan fingerprint density at radius 2 is 1.72 bits per heavy atom. The zero-order valence-electron chi connectivity index (χ0n) is 29.1. The van der Waals surface area contributed by atoms with Crippen LogP contribution in [-0.2, 0) is 38.0 Å². The van der Waals surface area contributed by atoms with Crippen LogP contribution in [0.15, 0.2) is 72.8 Å². The Kier molecular flexibility index (Phi) is 10.9. The Balaban J connectivity index is 0.000000808. The van der Waals surface area contributed by atoms with Crippen molar-refractivity contribution < 1.29 is 23.8 Å². The van der Waals surface area contributed by atoms with Crippen LogP contribution < -0.4 is 4.74 Å². The van der Waals surface area contributed by atoms with Gasteiger partial charge in [0.25, 0.3) is 0 Å². The lowest BCUT2D eigenvalue weighted by Gasteiger charge is -2.15. The normalized spacial score (nSPS) is 12.5. The van der Waals surface area contributed by atoms with Crippen LogP contribution >= 0.6 is 11.6 Å². The minimum Gasteiger partial charge on any atom is -0.493 e. The van der Waals surface area contributed by atoms with Crippen molar-refractivity contribution in [3.05, 3.63) is 117 Å². The summed E-state index contributed by atoms with van der Waals surface area (Å²) in [6.07, 6.45) is 5.11. The van der Waals surface area contributed by atoms with Gasteiger partial charge in [-0.1, -0.05) is 87.2 Å². The molecule has 9 heteroatoms. The smallest absolute Gasteiger partial charge is 0.352 e. The zero-order chi connectivity index (χ0) is 35.4. The predicted molar refractivity (Wildman–Crippen MR) is 198 cm³/mol. The summed E-state index contributed by atoms with van der Waals surface area (Å²) >= 11 is 6.99. The van der Waals surface area contributed by atoms with Crippen LogP contribution in [0.4, 0.5) is 4.39 Å². The maximum Gasteiger partial charge on any atom is 0.352 e. The number of halogens is 2. The quantitative estimate of drug-likeness (QED) is 0.160. The van der Waals surface area contributed by atoms with E-state index in [1.165, 1.54) is 31.4 Å². The molecule has 0 unspecified atom stereocenters. The molecule has 0 fully saturated rings. The Hall–Kier alpha value is -4.66. The van der Waals surface area contributed by atoms with Crippen LogP contribution in [-0.4, -0.2) is 32.0 Å². The number of ether oxygens (including phenoxy) is 2. The fourth-order valence-corrected chi connectivity index (χ4v) is 7.15. The minimum atomic E-state index is -1.01. The molecule has 3 heterocycles. The third-order valence-corrected chi connectivity index (χ3v) is 9.73. The van der Waals surface area contributed by atoms with Crippen LogP contribution in [0.3, 0.4) is 0 Å². The van der Waals surface area contributed by atoms with Gasteiger partial charge in [-0.25, -0.2) is 9.18 Å². The average molecular weight is 696 g/mol. The number of unbranched alkanes of at least 4 members (excludes halogenated alkanes) is 2. The van der Waals surface area contributed by atoms with Crippen molar-refractivity contribution >= 4 is 39.2 Å². The first-order valence-electron chi connectivity index (χ1n) is 17.3. The van der Waals surface area contributed by atoms with Crippen molar-refractivity contribution in [1.82, 2.24) is 14.3 Å². The first-order valence-corrected chi connectivity index (χ1v) is 17.7. The molecular weight excluding hydrogens is 653 g/mol. The average Bonchev–Trinajstić information content (AvgIpc) is 3.55. The number of carbonyl (C=O) groups is 1. The summed E-state index contributed by atoms with van der Waals surface area (Å²) in [5.41, 5.74) is 6.96. The summed E-state index contributed by atoms with van der Waals surface area (Å²) in [4.78, 5) is 13.1. The second kappa shape index (κ2) is 15.5. The maximum atomic E-state index is 13.8. The number of aromatic nitrogens is 3. The van der Waals surface area contributed by atoms with Gasteiger partial charge >= 0.3 is 5.97 Å². The van der Waals surface area contributed by atoms with Gasteiger partial charge < -0.3 is 19.1 Å². The maximum absolute atomic E-state index is 13.8. The van der Waals surface area contributed by atoms with Crippen LogP contribution in [0.1, 0.15) is 78.1 Å². The molecule has 0 aliphatic carbocycles. The topological polar surface area (TPSA) is 78.5 Å². The van der Waals surface area contributed by atoms with E-state index in [2.05, 4.69) is 13.8 Å². The van der Waals surface area contributed by atoms with Gasteiger partial charge in [-0.05, 0) is 72.2 Å². The van der Waals surface area contributed by atoms with Crippen molar-refractivity contribution in [1.29, 1.82) is 0 Å².